The average Bonchev–Trinajstić information content (AvgIpc) is 3.89. The van der Waals surface area contributed by atoms with Crippen molar-refractivity contribution in [3.8, 4) is 55.9 Å². The SMILES string of the molecule is CC(C)c1cccc(C(C)C)c1-n1[c-][n+](-c2c(C(C)C)cccc2C(C)C)c2ccc3c(c21)-c1ccccc1-c1ccccc1-c1ccccc1-3.[Ag].c1ccc2c(c1)[n-]c1ccccc12. The zero-order valence-electron chi connectivity index (χ0n) is 38.6. The van der Waals surface area contributed by atoms with Crippen LogP contribution in [-0.2, 0) is 22.4 Å². The second-order valence-corrected chi connectivity index (χ2v) is 18.6. The van der Waals surface area contributed by atoms with Gasteiger partial charge in [0.1, 0.15) is 0 Å². The minimum atomic E-state index is 0. The van der Waals surface area contributed by atoms with Gasteiger partial charge in [0.2, 0.25) is 0 Å². The molecule has 11 rings (SSSR count). The van der Waals surface area contributed by atoms with E-state index in [0.717, 1.165) is 16.6 Å². The second-order valence-electron chi connectivity index (χ2n) is 18.6. The van der Waals surface area contributed by atoms with Crippen LogP contribution in [-0.4, -0.2) is 4.57 Å². The van der Waals surface area contributed by atoms with E-state index in [1.807, 2.05) is 12.1 Å². The molecule has 4 heteroatoms. The van der Waals surface area contributed by atoms with Crippen LogP contribution in [0.1, 0.15) is 101 Å². The Balaban J connectivity index is 0.000000323. The van der Waals surface area contributed by atoms with Gasteiger partial charge in [-0.3, -0.25) is 9.13 Å². The van der Waals surface area contributed by atoms with E-state index in [2.05, 4.69) is 234 Å². The molecule has 0 bridgehead atoms. The van der Waals surface area contributed by atoms with Crippen LogP contribution in [0.15, 0.2) is 170 Å². The van der Waals surface area contributed by atoms with Crippen LogP contribution in [0.25, 0.3) is 88.7 Å². The molecule has 1 radical (unpaired) electrons. The maximum absolute atomic E-state index is 4.52. The zero-order chi connectivity index (χ0) is 44.2. The third kappa shape index (κ3) is 7.60. The summed E-state index contributed by atoms with van der Waals surface area (Å²) in [7, 11) is 0. The average molecular weight is 939 g/mol. The van der Waals surface area contributed by atoms with Gasteiger partial charge in [0.05, 0.1) is 22.4 Å². The van der Waals surface area contributed by atoms with Gasteiger partial charge in [0, 0.05) is 22.4 Å². The molecule has 0 spiro atoms. The van der Waals surface area contributed by atoms with Crippen molar-refractivity contribution in [2.75, 3.05) is 0 Å². The minimum Gasteiger partial charge on any atom is -0.657 e. The van der Waals surface area contributed by atoms with Crippen molar-refractivity contribution in [3.63, 3.8) is 0 Å². The van der Waals surface area contributed by atoms with E-state index in [9.17, 15) is 0 Å². The van der Waals surface area contributed by atoms with Gasteiger partial charge in [0.15, 0.2) is 0 Å². The van der Waals surface area contributed by atoms with Crippen LogP contribution in [0, 0.1) is 6.33 Å². The second kappa shape index (κ2) is 18.0. The van der Waals surface area contributed by atoms with Gasteiger partial charge < -0.3 is 4.98 Å². The summed E-state index contributed by atoms with van der Waals surface area (Å²) < 4.78 is 4.86. The van der Waals surface area contributed by atoms with E-state index in [1.54, 1.807) is 0 Å². The quantitative estimate of drug-likeness (QED) is 0.0925. The molecule has 10 aromatic rings. The molecule has 65 heavy (non-hydrogen) atoms. The van der Waals surface area contributed by atoms with Gasteiger partial charge in [0.25, 0.3) is 6.33 Å². The smallest absolute Gasteiger partial charge is 0.269 e. The van der Waals surface area contributed by atoms with Crippen molar-refractivity contribution in [1.82, 2.24) is 9.55 Å². The summed E-state index contributed by atoms with van der Waals surface area (Å²) in [5.41, 5.74) is 22.4. The Kier molecular flexibility index (Phi) is 12.2. The maximum Gasteiger partial charge on any atom is 0.269 e. The number of rotatable bonds is 6. The summed E-state index contributed by atoms with van der Waals surface area (Å²) in [5, 5.41) is 2.50. The van der Waals surface area contributed by atoms with E-state index in [4.69, 9.17) is 0 Å². The van der Waals surface area contributed by atoms with E-state index in [1.165, 1.54) is 94.4 Å². The summed E-state index contributed by atoms with van der Waals surface area (Å²) in [6.07, 6.45) is 4.10. The van der Waals surface area contributed by atoms with Crippen molar-refractivity contribution in [1.29, 1.82) is 0 Å². The first kappa shape index (κ1) is 44.0. The summed E-state index contributed by atoms with van der Waals surface area (Å²) in [4.78, 5) is 4.52. The molecule has 0 atom stereocenters. The third-order valence-corrected chi connectivity index (χ3v) is 13.2. The zero-order valence-corrected chi connectivity index (χ0v) is 40.1. The van der Waals surface area contributed by atoms with Crippen molar-refractivity contribution in [2.45, 2.75) is 79.1 Å². The van der Waals surface area contributed by atoms with E-state index in [0.29, 0.717) is 23.7 Å². The van der Waals surface area contributed by atoms with Gasteiger partial charge in [-0.15, -0.1) is 11.0 Å². The van der Waals surface area contributed by atoms with Crippen LogP contribution in [0.3, 0.4) is 0 Å². The van der Waals surface area contributed by atoms with Crippen molar-refractivity contribution >= 4 is 32.8 Å². The fourth-order valence-electron chi connectivity index (χ4n) is 10.1. The normalized spacial score (nSPS) is 11.8. The van der Waals surface area contributed by atoms with E-state index in [-0.39, 0.29) is 22.4 Å². The number of imidazole rings is 1. The molecule has 3 nitrogen and oxygen atoms in total. The van der Waals surface area contributed by atoms with Gasteiger partial charge >= 0.3 is 0 Å². The summed E-state index contributed by atoms with van der Waals surface area (Å²) in [5.74, 6) is 1.36. The first-order valence-electron chi connectivity index (χ1n) is 23.1. The molecule has 327 valence electrons. The van der Waals surface area contributed by atoms with Gasteiger partial charge in [-0.2, -0.15) is 0 Å². The molecule has 0 amide bonds. The molecule has 0 saturated carbocycles. The Labute approximate surface area is 400 Å². The Morgan fingerprint density at radius 3 is 1.25 bits per heavy atom. The van der Waals surface area contributed by atoms with Gasteiger partial charge in [-0.05, 0) is 101 Å². The third-order valence-electron chi connectivity index (χ3n) is 13.2. The molecule has 2 heterocycles. The van der Waals surface area contributed by atoms with Crippen LogP contribution < -0.4 is 9.55 Å². The molecule has 8 aromatic carbocycles. The maximum atomic E-state index is 4.52. The fraction of sp³-hybridized carbons (Fsp3) is 0.197. The fourth-order valence-corrected chi connectivity index (χ4v) is 10.1. The molecule has 1 aliphatic rings. The number of hydrogen-bond donors (Lipinski definition) is 0. The van der Waals surface area contributed by atoms with Crippen LogP contribution in [0.2, 0.25) is 0 Å². The molecule has 0 saturated heterocycles. The Bertz CT molecular complexity index is 3250. The summed E-state index contributed by atoms with van der Waals surface area (Å²) in [6.45, 7) is 18.5. The number of aromatic nitrogens is 3. The van der Waals surface area contributed by atoms with Crippen molar-refractivity contribution in [3.05, 3.63) is 198 Å². The molecular weight excluding hydrogens is 883 g/mol. The Morgan fingerprint density at radius 2 is 0.785 bits per heavy atom. The number of hydrogen-bond acceptors (Lipinski definition) is 0. The summed E-state index contributed by atoms with van der Waals surface area (Å²) >= 11 is 0. The predicted octanol–water partition coefficient (Wildman–Crippen LogP) is 16.1. The molecule has 0 N–H and O–H groups in total. The van der Waals surface area contributed by atoms with Crippen molar-refractivity contribution in [2.24, 2.45) is 0 Å². The molecular formula is C61H56AgN3-. The van der Waals surface area contributed by atoms with Gasteiger partial charge in [-0.25, -0.2) is 0 Å². The van der Waals surface area contributed by atoms with Gasteiger partial charge in [-0.1, -0.05) is 225 Å². The molecule has 0 unspecified atom stereocenters. The van der Waals surface area contributed by atoms with Crippen LogP contribution >= 0.6 is 0 Å². The van der Waals surface area contributed by atoms with E-state index >= 15 is 0 Å². The molecule has 0 fully saturated rings. The monoisotopic (exact) mass is 937 g/mol. The number of benzene rings is 8. The first-order valence-corrected chi connectivity index (χ1v) is 23.1. The van der Waals surface area contributed by atoms with Crippen LogP contribution in [0.4, 0.5) is 0 Å². The molecule has 0 aliphatic heterocycles. The minimum absolute atomic E-state index is 0. The molecule has 2 aromatic heterocycles. The van der Waals surface area contributed by atoms with Crippen LogP contribution in [0.5, 0.6) is 0 Å². The van der Waals surface area contributed by atoms with Crippen molar-refractivity contribution < 1.29 is 26.9 Å². The first-order chi connectivity index (χ1) is 31.1. The number of fused-ring (bicyclic) bond motifs is 13. The standard InChI is InChI=1S/C49H48N2.C12H8N.Ag/c1-30(2)34-23-15-24-35(31(3)4)47(34)50-29-51(48-36(32(5)6)25-16-26-37(48)33(7)8)49-45(50)28-27-44-42-21-12-11-19-40(42)38-17-9-10-18-39(38)41-20-13-14-22-43(41)46(44)49;1-3-7-11-9(5-1)10-6-2-4-8-12(10)13-11;/h9-28,30-33H,1-8H3;1-8H;/q;-1;. The predicted molar refractivity (Wildman–Crippen MR) is 270 cm³/mol. The topological polar surface area (TPSA) is 22.9 Å². The largest absolute Gasteiger partial charge is 0.657 e. The van der Waals surface area contributed by atoms with E-state index < -0.39 is 0 Å². The summed E-state index contributed by atoms with van der Waals surface area (Å²) in [6, 6.07) is 61.9. The molecule has 1 aliphatic carbocycles. The number of nitrogens with zero attached hydrogens (tertiary/aromatic N) is 3. The Morgan fingerprint density at radius 1 is 0.400 bits per heavy atom. The Hall–Kier alpha value is -6.23. The number of para-hydroxylation sites is 4.